The van der Waals surface area contributed by atoms with Gasteiger partial charge in [-0.15, -0.1) is 0 Å². The minimum atomic E-state index is -0.0362. The summed E-state index contributed by atoms with van der Waals surface area (Å²) >= 11 is 0. The Bertz CT molecular complexity index is 234. The normalized spacial score (nSPS) is 12.7. The average molecular weight is 315 g/mol. The van der Waals surface area contributed by atoms with E-state index in [1.165, 1.54) is 64.2 Å². The summed E-state index contributed by atoms with van der Waals surface area (Å²) in [4.78, 5) is 11.3. The first kappa shape index (κ1) is 21.4. The Morgan fingerprint density at radius 2 is 1.27 bits per heavy atom. The number of hydrogen-bond acceptors (Lipinski definition) is 3. The van der Waals surface area contributed by atoms with E-state index in [4.69, 9.17) is 4.74 Å². The molecule has 1 aliphatic rings. The van der Waals surface area contributed by atoms with Crippen LogP contribution in [0.15, 0.2) is 0 Å². The van der Waals surface area contributed by atoms with Crippen molar-refractivity contribution in [2.24, 2.45) is 0 Å². The van der Waals surface area contributed by atoms with Gasteiger partial charge in [0.1, 0.15) is 0 Å². The van der Waals surface area contributed by atoms with Gasteiger partial charge in [-0.25, -0.2) is 0 Å². The predicted octanol–water partition coefficient (Wildman–Crippen LogP) is 5.66. The van der Waals surface area contributed by atoms with Crippen LogP contribution in [0, 0.1) is 0 Å². The van der Waals surface area contributed by atoms with Crippen LogP contribution >= 0.6 is 0 Å². The lowest BCUT2D eigenvalue weighted by Crippen LogP contribution is -2.10. The van der Waals surface area contributed by atoms with Gasteiger partial charge in [-0.2, -0.15) is 0 Å². The second-order valence-corrected chi connectivity index (χ2v) is 6.44. The molecule has 0 aliphatic carbocycles. The van der Waals surface area contributed by atoms with E-state index in [1.54, 1.807) is 0 Å². The largest absolute Gasteiger partial charge is 0.463 e. The topological polar surface area (TPSA) is 38.8 Å². The highest BCUT2D eigenvalue weighted by Crippen LogP contribution is 2.12. The Morgan fingerprint density at radius 3 is 1.64 bits per heavy atom. The van der Waals surface area contributed by atoms with Crippen LogP contribution in [0.25, 0.3) is 0 Å². The van der Waals surface area contributed by atoms with E-state index in [2.05, 4.69) is 11.7 Å². The van der Waals surface area contributed by atoms with Crippen LogP contribution in [0.3, 0.4) is 0 Å². The Hall–Kier alpha value is -0.570. The fourth-order valence-electron chi connectivity index (χ4n) is 2.26. The minimum Gasteiger partial charge on any atom is -0.463 e. The summed E-state index contributed by atoms with van der Waals surface area (Å²) in [6.07, 6.45) is 15.1. The predicted molar refractivity (Wildman–Crippen MR) is 93.1 cm³/mol. The zero-order chi connectivity index (χ0) is 16.5. The standard InChI is InChI=1S/C17H34O2.C2H4O/c1-4-5-6-7-8-9-10-11-12-13-14-15-17(18)19-16(2)3;1-2-3-1/h16H,4-15H2,1-3H3;1-2H2. The van der Waals surface area contributed by atoms with Gasteiger partial charge in [0, 0.05) is 6.42 Å². The second-order valence-electron chi connectivity index (χ2n) is 6.44. The van der Waals surface area contributed by atoms with E-state index in [-0.39, 0.29) is 12.1 Å². The molecule has 1 fully saturated rings. The van der Waals surface area contributed by atoms with E-state index < -0.39 is 0 Å². The molecule has 3 heteroatoms. The first-order valence-corrected chi connectivity index (χ1v) is 9.44. The lowest BCUT2D eigenvalue weighted by molar-refractivity contribution is -0.147. The van der Waals surface area contributed by atoms with Gasteiger partial charge in [0.15, 0.2) is 0 Å². The number of ether oxygens (including phenoxy) is 2. The van der Waals surface area contributed by atoms with Crippen LogP contribution in [-0.4, -0.2) is 25.3 Å². The third-order valence-corrected chi connectivity index (χ3v) is 3.56. The quantitative estimate of drug-likeness (QED) is 0.250. The molecule has 0 bridgehead atoms. The van der Waals surface area contributed by atoms with Crippen LogP contribution < -0.4 is 0 Å². The van der Waals surface area contributed by atoms with Crippen molar-refractivity contribution in [2.75, 3.05) is 13.2 Å². The highest BCUT2D eigenvalue weighted by atomic mass is 16.6. The molecule has 0 saturated carbocycles. The van der Waals surface area contributed by atoms with Gasteiger partial charge in [-0.1, -0.05) is 71.1 Å². The van der Waals surface area contributed by atoms with Gasteiger partial charge < -0.3 is 9.47 Å². The Balaban J connectivity index is 0.00000129. The van der Waals surface area contributed by atoms with Crippen molar-refractivity contribution in [2.45, 2.75) is 104 Å². The molecule has 0 atom stereocenters. The molecule has 22 heavy (non-hydrogen) atoms. The van der Waals surface area contributed by atoms with E-state index in [0.29, 0.717) is 6.42 Å². The Labute approximate surface area is 138 Å². The molecule has 1 heterocycles. The summed E-state index contributed by atoms with van der Waals surface area (Å²) in [6, 6.07) is 0. The van der Waals surface area contributed by atoms with Crippen LogP contribution in [-0.2, 0) is 14.3 Å². The van der Waals surface area contributed by atoms with Crippen molar-refractivity contribution in [3.05, 3.63) is 0 Å². The summed E-state index contributed by atoms with van der Waals surface area (Å²) in [5.41, 5.74) is 0. The smallest absolute Gasteiger partial charge is 0.306 e. The number of rotatable bonds is 13. The second kappa shape index (κ2) is 16.8. The third-order valence-electron chi connectivity index (χ3n) is 3.56. The Morgan fingerprint density at radius 1 is 0.864 bits per heavy atom. The highest BCUT2D eigenvalue weighted by molar-refractivity contribution is 5.69. The van der Waals surface area contributed by atoms with Gasteiger partial charge >= 0.3 is 5.97 Å². The monoisotopic (exact) mass is 314 g/mol. The van der Waals surface area contributed by atoms with Crippen molar-refractivity contribution >= 4 is 5.97 Å². The number of esters is 1. The van der Waals surface area contributed by atoms with Gasteiger partial charge in [-0.05, 0) is 20.3 Å². The molecule has 0 aromatic rings. The van der Waals surface area contributed by atoms with Crippen LogP contribution in [0.4, 0.5) is 0 Å². The molecule has 0 aromatic carbocycles. The first-order chi connectivity index (χ1) is 10.7. The number of epoxide rings is 1. The van der Waals surface area contributed by atoms with Gasteiger partial charge in [0.05, 0.1) is 19.3 Å². The molecule has 0 unspecified atom stereocenters. The fraction of sp³-hybridized carbons (Fsp3) is 0.947. The van der Waals surface area contributed by atoms with Crippen LogP contribution in [0.2, 0.25) is 0 Å². The molecule has 1 saturated heterocycles. The summed E-state index contributed by atoms with van der Waals surface area (Å²) < 4.78 is 9.60. The number of hydrogen-bond donors (Lipinski definition) is 0. The molecule has 0 amide bonds. The first-order valence-electron chi connectivity index (χ1n) is 9.44. The molecular weight excluding hydrogens is 276 g/mol. The van der Waals surface area contributed by atoms with E-state index in [0.717, 1.165) is 19.6 Å². The van der Waals surface area contributed by atoms with Crippen molar-refractivity contribution in [3.8, 4) is 0 Å². The van der Waals surface area contributed by atoms with E-state index in [9.17, 15) is 4.79 Å². The molecule has 0 spiro atoms. The summed E-state index contributed by atoms with van der Waals surface area (Å²) in [6.45, 7) is 8.06. The summed E-state index contributed by atoms with van der Waals surface area (Å²) in [5.74, 6) is -0.0362. The van der Waals surface area contributed by atoms with Crippen LogP contribution in [0.1, 0.15) is 97.8 Å². The summed E-state index contributed by atoms with van der Waals surface area (Å²) in [7, 11) is 0. The van der Waals surface area contributed by atoms with Gasteiger partial charge in [0.25, 0.3) is 0 Å². The van der Waals surface area contributed by atoms with Crippen molar-refractivity contribution in [1.29, 1.82) is 0 Å². The third kappa shape index (κ3) is 21.7. The van der Waals surface area contributed by atoms with E-state index in [1.807, 2.05) is 13.8 Å². The van der Waals surface area contributed by atoms with Crippen LogP contribution in [0.5, 0.6) is 0 Å². The molecule has 0 radical (unpaired) electrons. The summed E-state index contributed by atoms with van der Waals surface area (Å²) in [5, 5.41) is 0. The van der Waals surface area contributed by atoms with Gasteiger partial charge in [0.2, 0.25) is 0 Å². The maximum atomic E-state index is 11.3. The van der Waals surface area contributed by atoms with Crippen molar-refractivity contribution in [1.82, 2.24) is 0 Å². The molecule has 0 N–H and O–H groups in total. The average Bonchev–Trinajstić information content (AvgIpc) is 3.32. The number of carbonyl (C=O) groups excluding carboxylic acids is 1. The minimum absolute atomic E-state index is 0.0280. The number of unbranched alkanes of at least 4 members (excludes halogenated alkanes) is 10. The van der Waals surface area contributed by atoms with Gasteiger partial charge in [-0.3, -0.25) is 4.79 Å². The number of carbonyl (C=O) groups is 1. The molecule has 1 rings (SSSR count). The lowest BCUT2D eigenvalue weighted by atomic mass is 10.1. The molecule has 3 nitrogen and oxygen atoms in total. The molecule has 1 aliphatic heterocycles. The highest BCUT2D eigenvalue weighted by Gasteiger charge is 2.04. The Kier molecular flexibility index (Phi) is 16.4. The van der Waals surface area contributed by atoms with E-state index >= 15 is 0 Å². The molecule has 0 aromatic heterocycles. The SMILES string of the molecule is C1CO1.CCCCCCCCCCCCCC(=O)OC(C)C. The molecular formula is C19H38O3. The molecule has 132 valence electrons. The van der Waals surface area contributed by atoms with Crippen molar-refractivity contribution < 1.29 is 14.3 Å². The lowest BCUT2D eigenvalue weighted by Gasteiger charge is -2.07. The fourth-order valence-corrected chi connectivity index (χ4v) is 2.26. The van der Waals surface area contributed by atoms with Crippen molar-refractivity contribution in [3.63, 3.8) is 0 Å². The maximum Gasteiger partial charge on any atom is 0.306 e. The maximum absolute atomic E-state index is 11.3. The zero-order valence-electron chi connectivity index (χ0n) is 15.2. The zero-order valence-corrected chi connectivity index (χ0v) is 15.2.